The first kappa shape index (κ1) is 10.4. The summed E-state index contributed by atoms with van der Waals surface area (Å²) in [6, 6.07) is 4.31. The molecular weight excluding hydrogens is 218 g/mol. The van der Waals surface area contributed by atoms with E-state index in [0.29, 0.717) is 0 Å². The second kappa shape index (κ2) is 3.11. The number of hydrogen-bond acceptors (Lipinski definition) is 3. The third-order valence-electron chi connectivity index (χ3n) is 3.61. The molecule has 1 aromatic rings. The Morgan fingerprint density at radius 1 is 1.31 bits per heavy atom. The summed E-state index contributed by atoms with van der Waals surface area (Å²) in [6.45, 7) is 6.18. The van der Waals surface area contributed by atoms with E-state index in [1.165, 1.54) is 16.7 Å². The van der Waals surface area contributed by atoms with Gasteiger partial charge < -0.3 is 5.11 Å². The predicted molar refractivity (Wildman–Crippen MR) is 68.0 cm³/mol. The van der Waals surface area contributed by atoms with Gasteiger partial charge in [-0.3, -0.25) is 0 Å². The van der Waals surface area contributed by atoms with Crippen molar-refractivity contribution in [2.24, 2.45) is 4.99 Å². The molecule has 0 saturated carbocycles. The van der Waals surface area contributed by atoms with Crippen molar-refractivity contribution in [3.8, 4) is 0 Å². The van der Waals surface area contributed by atoms with Crippen molar-refractivity contribution in [2.75, 3.05) is 0 Å². The molecular formula is C13H15NOS. The molecule has 2 aliphatic rings. The number of rotatable bonds is 0. The van der Waals surface area contributed by atoms with Crippen LogP contribution in [-0.4, -0.2) is 15.4 Å². The minimum absolute atomic E-state index is 0.184. The molecule has 16 heavy (non-hydrogen) atoms. The highest BCUT2D eigenvalue weighted by molar-refractivity contribution is 8.14. The van der Waals surface area contributed by atoms with Gasteiger partial charge >= 0.3 is 0 Å². The first-order valence-corrected chi connectivity index (χ1v) is 6.45. The van der Waals surface area contributed by atoms with Gasteiger partial charge in [0.05, 0.1) is 10.3 Å². The van der Waals surface area contributed by atoms with Crippen molar-refractivity contribution in [1.29, 1.82) is 0 Å². The van der Waals surface area contributed by atoms with Crippen LogP contribution in [0.4, 0.5) is 0 Å². The zero-order valence-electron chi connectivity index (χ0n) is 9.74. The molecule has 3 rings (SSSR count). The molecule has 2 unspecified atom stereocenters. The van der Waals surface area contributed by atoms with E-state index in [0.717, 1.165) is 17.0 Å². The maximum absolute atomic E-state index is 10.7. The molecule has 1 aromatic carbocycles. The maximum atomic E-state index is 10.7. The molecule has 0 radical (unpaired) electrons. The third kappa shape index (κ3) is 1.22. The van der Waals surface area contributed by atoms with Gasteiger partial charge in [-0.15, -0.1) is 11.8 Å². The van der Waals surface area contributed by atoms with Crippen molar-refractivity contribution >= 4 is 16.8 Å². The van der Waals surface area contributed by atoms with Gasteiger partial charge in [0.1, 0.15) is 0 Å². The van der Waals surface area contributed by atoms with Crippen molar-refractivity contribution in [2.45, 2.75) is 38.2 Å². The summed E-state index contributed by atoms with van der Waals surface area (Å²) in [5.41, 5.74) is 3.86. The molecule has 0 aromatic heterocycles. The Hall–Kier alpha value is -0.800. The average Bonchev–Trinajstić information content (AvgIpc) is 2.59. The largest absolute Gasteiger partial charge is 0.365 e. The third-order valence-corrected chi connectivity index (χ3v) is 4.82. The van der Waals surface area contributed by atoms with Crippen LogP contribution in [0, 0.1) is 13.8 Å². The topological polar surface area (TPSA) is 32.6 Å². The van der Waals surface area contributed by atoms with Gasteiger partial charge in [0.15, 0.2) is 5.72 Å². The van der Waals surface area contributed by atoms with E-state index in [1.54, 1.807) is 11.8 Å². The van der Waals surface area contributed by atoms with E-state index in [9.17, 15) is 5.11 Å². The average molecular weight is 233 g/mol. The smallest absolute Gasteiger partial charge is 0.196 e. The molecule has 1 aliphatic heterocycles. The molecule has 1 N–H and O–H groups in total. The molecule has 2 nitrogen and oxygen atoms in total. The number of benzene rings is 1. The second-order valence-corrected chi connectivity index (χ2v) is 6.16. The summed E-state index contributed by atoms with van der Waals surface area (Å²) in [4.78, 5) is 4.43. The van der Waals surface area contributed by atoms with Crippen LogP contribution in [0.3, 0.4) is 0 Å². The maximum Gasteiger partial charge on any atom is 0.196 e. The van der Waals surface area contributed by atoms with Gasteiger partial charge in [0.2, 0.25) is 0 Å². The van der Waals surface area contributed by atoms with Crippen LogP contribution < -0.4 is 0 Å². The van der Waals surface area contributed by atoms with Gasteiger partial charge in [-0.05, 0) is 43.9 Å². The van der Waals surface area contributed by atoms with Crippen molar-refractivity contribution < 1.29 is 5.11 Å². The van der Waals surface area contributed by atoms with Crippen LogP contribution in [0.2, 0.25) is 0 Å². The number of aliphatic hydroxyl groups is 1. The van der Waals surface area contributed by atoms with E-state index < -0.39 is 5.72 Å². The SMILES string of the molecule is CC1=NC2(O)c3cc(C)c(C)cc3CC2S1. The van der Waals surface area contributed by atoms with E-state index in [4.69, 9.17) is 0 Å². The van der Waals surface area contributed by atoms with Crippen molar-refractivity contribution in [1.82, 2.24) is 0 Å². The fourth-order valence-corrected chi connectivity index (χ4v) is 3.84. The molecule has 1 heterocycles. The summed E-state index contributed by atoms with van der Waals surface area (Å²) in [5, 5.41) is 11.8. The number of aryl methyl sites for hydroxylation is 2. The van der Waals surface area contributed by atoms with Crippen LogP contribution in [0.15, 0.2) is 17.1 Å². The molecule has 3 heteroatoms. The van der Waals surface area contributed by atoms with E-state index in [2.05, 4.69) is 31.0 Å². The number of nitrogens with zero attached hydrogens (tertiary/aromatic N) is 1. The number of fused-ring (bicyclic) bond motifs is 3. The number of thioether (sulfide) groups is 1. The summed E-state index contributed by atoms with van der Waals surface area (Å²) < 4.78 is 0. The molecule has 0 saturated heterocycles. The zero-order chi connectivity index (χ0) is 11.5. The second-order valence-electron chi connectivity index (χ2n) is 4.76. The van der Waals surface area contributed by atoms with Gasteiger partial charge in [0, 0.05) is 5.56 Å². The van der Waals surface area contributed by atoms with Gasteiger partial charge in [-0.2, -0.15) is 0 Å². The lowest BCUT2D eigenvalue weighted by Gasteiger charge is -2.20. The summed E-state index contributed by atoms with van der Waals surface area (Å²) in [6.07, 6.45) is 0.929. The fourth-order valence-electron chi connectivity index (χ4n) is 2.63. The standard InChI is InChI=1S/C13H15NOS/c1-7-4-10-6-12-13(15,14-9(3)16-12)11(10)5-8(7)2/h4-5,12,15H,6H2,1-3H3. The summed E-state index contributed by atoms with van der Waals surface area (Å²) in [5.74, 6) is 0. The minimum Gasteiger partial charge on any atom is -0.365 e. The van der Waals surface area contributed by atoms with E-state index in [-0.39, 0.29) is 5.25 Å². The zero-order valence-corrected chi connectivity index (χ0v) is 10.6. The quantitative estimate of drug-likeness (QED) is 0.747. The van der Waals surface area contributed by atoms with Crippen LogP contribution in [0.5, 0.6) is 0 Å². The van der Waals surface area contributed by atoms with Gasteiger partial charge in [0.25, 0.3) is 0 Å². The van der Waals surface area contributed by atoms with Gasteiger partial charge in [-0.25, -0.2) is 4.99 Å². The minimum atomic E-state index is -0.956. The highest BCUT2D eigenvalue weighted by atomic mass is 32.2. The Balaban J connectivity index is 2.20. The Bertz CT molecular complexity index is 509. The molecule has 0 bridgehead atoms. The monoisotopic (exact) mass is 233 g/mol. The fraction of sp³-hybridized carbons (Fsp3) is 0.462. The van der Waals surface area contributed by atoms with E-state index >= 15 is 0 Å². The van der Waals surface area contributed by atoms with Crippen molar-refractivity contribution in [3.05, 3.63) is 34.4 Å². The molecule has 0 spiro atoms. The van der Waals surface area contributed by atoms with Crippen LogP contribution in [0.1, 0.15) is 29.2 Å². The Labute approximate surface area is 99.8 Å². The van der Waals surface area contributed by atoms with Crippen LogP contribution in [-0.2, 0) is 12.1 Å². The van der Waals surface area contributed by atoms with E-state index in [1.807, 2.05) is 6.92 Å². The normalized spacial score (nSPS) is 31.2. The summed E-state index contributed by atoms with van der Waals surface area (Å²) in [7, 11) is 0. The first-order chi connectivity index (χ1) is 7.50. The summed E-state index contributed by atoms with van der Waals surface area (Å²) >= 11 is 1.70. The van der Waals surface area contributed by atoms with Crippen LogP contribution >= 0.6 is 11.8 Å². The Morgan fingerprint density at radius 2 is 2.00 bits per heavy atom. The highest BCUT2D eigenvalue weighted by Gasteiger charge is 2.49. The molecule has 84 valence electrons. The Kier molecular flexibility index (Phi) is 2.01. The number of aliphatic imine (C=N–C) groups is 1. The van der Waals surface area contributed by atoms with Crippen LogP contribution in [0.25, 0.3) is 0 Å². The van der Waals surface area contributed by atoms with Crippen molar-refractivity contribution in [3.63, 3.8) is 0 Å². The molecule has 2 atom stereocenters. The lowest BCUT2D eigenvalue weighted by molar-refractivity contribution is 0.0579. The molecule has 0 fully saturated rings. The lowest BCUT2D eigenvalue weighted by Crippen LogP contribution is -2.27. The highest BCUT2D eigenvalue weighted by Crippen LogP contribution is 2.49. The molecule has 0 amide bonds. The molecule has 1 aliphatic carbocycles. The Morgan fingerprint density at radius 3 is 2.75 bits per heavy atom. The number of hydrogen-bond donors (Lipinski definition) is 1. The first-order valence-electron chi connectivity index (χ1n) is 5.57. The predicted octanol–water partition coefficient (Wildman–Crippen LogP) is 2.54. The van der Waals surface area contributed by atoms with Gasteiger partial charge in [-0.1, -0.05) is 12.1 Å². The lowest BCUT2D eigenvalue weighted by atomic mass is 9.99.